The van der Waals surface area contributed by atoms with Gasteiger partial charge in [-0.1, -0.05) is 18.1 Å². The number of benzene rings is 1. The van der Waals surface area contributed by atoms with E-state index in [0.29, 0.717) is 5.56 Å². The molecule has 1 N–H and O–H groups in total. The van der Waals surface area contributed by atoms with Crippen molar-refractivity contribution in [2.45, 2.75) is 32.1 Å². The average molecular weight is 313 g/mol. The molecule has 1 aromatic carbocycles. The van der Waals surface area contributed by atoms with E-state index < -0.39 is 11.9 Å². The molecule has 1 aliphatic rings. The molecule has 0 bridgehead atoms. The van der Waals surface area contributed by atoms with Crippen LogP contribution in [0.15, 0.2) is 18.2 Å². The first kappa shape index (κ1) is 16.8. The second-order valence-electron chi connectivity index (χ2n) is 5.40. The van der Waals surface area contributed by atoms with Crippen molar-refractivity contribution < 1.29 is 19.1 Å². The van der Waals surface area contributed by atoms with E-state index in [1.807, 2.05) is 18.2 Å². The fraction of sp³-hybridized carbons (Fsp3) is 0.389. The number of carbonyl (C=O) groups is 3. The SMILES string of the molecule is C#CCNC(=O)COC(=O)CCC(=O)c1ccc2c(c1)CCC2. The Morgan fingerprint density at radius 2 is 1.96 bits per heavy atom. The van der Waals surface area contributed by atoms with Gasteiger partial charge < -0.3 is 10.1 Å². The molecule has 23 heavy (non-hydrogen) atoms. The lowest BCUT2D eigenvalue weighted by Gasteiger charge is -2.06. The van der Waals surface area contributed by atoms with E-state index in [9.17, 15) is 14.4 Å². The lowest BCUT2D eigenvalue weighted by Crippen LogP contribution is -2.29. The van der Waals surface area contributed by atoms with Crippen molar-refractivity contribution in [3.63, 3.8) is 0 Å². The average Bonchev–Trinajstić information content (AvgIpc) is 3.03. The van der Waals surface area contributed by atoms with E-state index in [0.717, 1.165) is 19.3 Å². The summed E-state index contributed by atoms with van der Waals surface area (Å²) in [7, 11) is 0. The molecule has 0 spiro atoms. The zero-order valence-electron chi connectivity index (χ0n) is 12.9. The molecule has 1 amide bonds. The normalized spacial score (nSPS) is 12.1. The fourth-order valence-corrected chi connectivity index (χ4v) is 2.52. The van der Waals surface area contributed by atoms with Gasteiger partial charge in [-0.25, -0.2) is 0 Å². The van der Waals surface area contributed by atoms with Gasteiger partial charge in [0.25, 0.3) is 5.91 Å². The Labute approximate surface area is 135 Å². The van der Waals surface area contributed by atoms with Crippen LogP contribution in [0.2, 0.25) is 0 Å². The van der Waals surface area contributed by atoms with E-state index in [1.54, 1.807) is 0 Å². The number of nitrogens with one attached hydrogen (secondary N) is 1. The first-order valence-electron chi connectivity index (χ1n) is 7.61. The Morgan fingerprint density at radius 1 is 1.17 bits per heavy atom. The van der Waals surface area contributed by atoms with Crippen LogP contribution >= 0.6 is 0 Å². The van der Waals surface area contributed by atoms with Gasteiger partial charge in [0.2, 0.25) is 0 Å². The summed E-state index contributed by atoms with van der Waals surface area (Å²) in [4.78, 5) is 34.9. The van der Waals surface area contributed by atoms with Crippen molar-refractivity contribution >= 4 is 17.7 Å². The zero-order chi connectivity index (χ0) is 16.7. The molecule has 120 valence electrons. The smallest absolute Gasteiger partial charge is 0.306 e. The minimum atomic E-state index is -0.574. The van der Waals surface area contributed by atoms with Crippen molar-refractivity contribution in [2.24, 2.45) is 0 Å². The summed E-state index contributed by atoms with van der Waals surface area (Å²) >= 11 is 0. The second-order valence-corrected chi connectivity index (χ2v) is 5.40. The number of rotatable bonds is 7. The summed E-state index contributed by atoms with van der Waals surface area (Å²) < 4.78 is 4.79. The molecule has 1 aliphatic carbocycles. The van der Waals surface area contributed by atoms with Gasteiger partial charge in [-0.05, 0) is 36.5 Å². The van der Waals surface area contributed by atoms with Gasteiger partial charge in [0.05, 0.1) is 13.0 Å². The zero-order valence-corrected chi connectivity index (χ0v) is 12.9. The number of hydrogen-bond donors (Lipinski definition) is 1. The van der Waals surface area contributed by atoms with Crippen molar-refractivity contribution in [1.82, 2.24) is 5.32 Å². The summed E-state index contributed by atoms with van der Waals surface area (Å²) in [5.41, 5.74) is 3.16. The van der Waals surface area contributed by atoms with Gasteiger partial charge in [-0.2, -0.15) is 0 Å². The van der Waals surface area contributed by atoms with E-state index in [2.05, 4.69) is 11.2 Å². The summed E-state index contributed by atoms with van der Waals surface area (Å²) in [6.07, 6.45) is 8.22. The monoisotopic (exact) mass is 313 g/mol. The third-order valence-electron chi connectivity index (χ3n) is 3.73. The maximum atomic E-state index is 12.1. The van der Waals surface area contributed by atoms with E-state index >= 15 is 0 Å². The number of esters is 1. The lowest BCUT2D eigenvalue weighted by atomic mass is 10.0. The number of aryl methyl sites for hydroxylation is 2. The number of fused-ring (bicyclic) bond motifs is 1. The predicted octanol–water partition coefficient (Wildman–Crippen LogP) is 1.43. The highest BCUT2D eigenvalue weighted by molar-refractivity contribution is 5.97. The van der Waals surface area contributed by atoms with Crippen LogP contribution in [-0.4, -0.2) is 30.8 Å². The molecule has 5 nitrogen and oxygen atoms in total. The van der Waals surface area contributed by atoms with Crippen molar-refractivity contribution in [3.05, 3.63) is 34.9 Å². The maximum absolute atomic E-state index is 12.1. The lowest BCUT2D eigenvalue weighted by molar-refractivity contribution is -0.148. The van der Waals surface area contributed by atoms with Crippen molar-refractivity contribution in [2.75, 3.05) is 13.2 Å². The Kier molecular flexibility index (Phi) is 5.93. The van der Waals surface area contributed by atoms with Crippen LogP contribution < -0.4 is 5.32 Å². The van der Waals surface area contributed by atoms with Crippen LogP contribution in [0.25, 0.3) is 0 Å². The molecule has 0 unspecified atom stereocenters. The van der Waals surface area contributed by atoms with Crippen molar-refractivity contribution in [1.29, 1.82) is 0 Å². The Hall–Kier alpha value is -2.61. The van der Waals surface area contributed by atoms with Crippen LogP contribution in [0.3, 0.4) is 0 Å². The minimum absolute atomic E-state index is 0.0433. The number of amides is 1. The summed E-state index contributed by atoms with van der Waals surface area (Å²) in [5.74, 6) is 1.12. The standard InChI is InChI=1S/C18H19NO4/c1-2-10-19-17(21)12-23-18(22)9-8-16(20)15-7-6-13-4-3-5-14(13)11-15/h1,6-7,11H,3-5,8-10,12H2,(H,19,21). The molecular formula is C18H19NO4. The first-order chi connectivity index (χ1) is 11.1. The van der Waals surface area contributed by atoms with Gasteiger partial charge in [0.1, 0.15) is 0 Å². The Balaban J connectivity index is 1.75. The van der Waals surface area contributed by atoms with Gasteiger partial charge in [-0.3, -0.25) is 14.4 Å². The van der Waals surface area contributed by atoms with Crippen LogP contribution in [0, 0.1) is 12.3 Å². The Morgan fingerprint density at radius 3 is 2.74 bits per heavy atom. The minimum Gasteiger partial charge on any atom is -0.456 e. The number of ketones is 1. The largest absolute Gasteiger partial charge is 0.456 e. The Bertz CT molecular complexity index is 657. The van der Waals surface area contributed by atoms with Crippen LogP contribution in [0.4, 0.5) is 0 Å². The van der Waals surface area contributed by atoms with Crippen LogP contribution in [0.5, 0.6) is 0 Å². The molecule has 0 aromatic heterocycles. The fourth-order valence-electron chi connectivity index (χ4n) is 2.52. The number of Topliss-reactive ketones (excluding diaryl/α,β-unsaturated/α-hetero) is 1. The van der Waals surface area contributed by atoms with E-state index in [-0.39, 0.29) is 31.8 Å². The number of carbonyl (C=O) groups excluding carboxylic acids is 3. The molecule has 2 rings (SSSR count). The van der Waals surface area contributed by atoms with Crippen LogP contribution in [-0.2, 0) is 27.2 Å². The molecule has 0 saturated heterocycles. The summed E-state index contributed by atoms with van der Waals surface area (Å²) in [5, 5.41) is 2.38. The molecule has 1 aromatic rings. The maximum Gasteiger partial charge on any atom is 0.306 e. The highest BCUT2D eigenvalue weighted by atomic mass is 16.5. The molecule has 0 fully saturated rings. The van der Waals surface area contributed by atoms with Crippen LogP contribution in [0.1, 0.15) is 40.7 Å². The molecule has 0 radical (unpaired) electrons. The first-order valence-corrected chi connectivity index (χ1v) is 7.61. The third kappa shape index (κ3) is 4.96. The molecule has 0 saturated carbocycles. The molecule has 0 aliphatic heterocycles. The number of ether oxygens (including phenoxy) is 1. The molecule has 0 atom stereocenters. The second kappa shape index (κ2) is 8.14. The van der Waals surface area contributed by atoms with E-state index in [1.165, 1.54) is 11.1 Å². The quantitative estimate of drug-likeness (QED) is 0.469. The van der Waals surface area contributed by atoms with Gasteiger partial charge in [-0.15, -0.1) is 6.42 Å². The van der Waals surface area contributed by atoms with Gasteiger partial charge >= 0.3 is 5.97 Å². The number of hydrogen-bond acceptors (Lipinski definition) is 4. The molecule has 0 heterocycles. The summed E-state index contributed by atoms with van der Waals surface area (Å²) in [6.45, 7) is -0.291. The summed E-state index contributed by atoms with van der Waals surface area (Å²) in [6, 6.07) is 5.72. The van der Waals surface area contributed by atoms with Crippen molar-refractivity contribution in [3.8, 4) is 12.3 Å². The third-order valence-corrected chi connectivity index (χ3v) is 3.73. The molecular weight excluding hydrogens is 294 g/mol. The van der Waals surface area contributed by atoms with Gasteiger partial charge in [0, 0.05) is 12.0 Å². The van der Waals surface area contributed by atoms with Gasteiger partial charge in [0.15, 0.2) is 12.4 Å². The highest BCUT2D eigenvalue weighted by Gasteiger charge is 2.15. The predicted molar refractivity (Wildman–Crippen MR) is 84.8 cm³/mol. The highest BCUT2D eigenvalue weighted by Crippen LogP contribution is 2.23. The van der Waals surface area contributed by atoms with E-state index in [4.69, 9.17) is 11.2 Å². The number of terminal acetylenes is 1. The topological polar surface area (TPSA) is 72.5 Å². The molecule has 5 heteroatoms.